The van der Waals surface area contributed by atoms with Crippen LogP contribution in [0.5, 0.6) is 5.75 Å². The molecule has 2 aromatic carbocycles. The van der Waals surface area contributed by atoms with Crippen molar-refractivity contribution < 1.29 is 9.53 Å². The lowest BCUT2D eigenvalue weighted by Gasteiger charge is -2.39. The second-order valence-electron chi connectivity index (χ2n) is 6.88. The van der Waals surface area contributed by atoms with E-state index in [1.54, 1.807) is 0 Å². The van der Waals surface area contributed by atoms with Gasteiger partial charge in [-0.25, -0.2) is 0 Å². The molecule has 0 spiro atoms. The van der Waals surface area contributed by atoms with E-state index in [0.29, 0.717) is 24.8 Å². The molecule has 1 amide bonds. The van der Waals surface area contributed by atoms with Crippen LogP contribution >= 0.6 is 0 Å². The Morgan fingerprint density at radius 2 is 1.70 bits per heavy atom. The first-order valence-electron chi connectivity index (χ1n) is 9.72. The number of nitrogens with zero attached hydrogens (tertiary/aromatic N) is 2. The molecule has 1 fully saturated rings. The van der Waals surface area contributed by atoms with Crippen LogP contribution in [-0.2, 0) is 0 Å². The van der Waals surface area contributed by atoms with Gasteiger partial charge in [0.2, 0.25) is 0 Å². The highest BCUT2D eigenvalue weighted by Crippen LogP contribution is 2.16. The first-order chi connectivity index (χ1) is 13.2. The maximum atomic E-state index is 12.4. The Morgan fingerprint density at radius 3 is 2.33 bits per heavy atom. The van der Waals surface area contributed by atoms with Crippen molar-refractivity contribution in [2.45, 2.75) is 19.9 Å². The number of amides is 1. The number of para-hydroxylation sites is 1. The van der Waals surface area contributed by atoms with Crippen molar-refractivity contribution in [2.75, 3.05) is 44.2 Å². The third-order valence-corrected chi connectivity index (χ3v) is 5.04. The number of hydrogen-bond acceptors (Lipinski definition) is 4. The summed E-state index contributed by atoms with van der Waals surface area (Å²) < 4.78 is 5.42. The lowest BCUT2D eigenvalue weighted by molar-refractivity contribution is 0.0934. The van der Waals surface area contributed by atoms with Gasteiger partial charge in [0.05, 0.1) is 6.61 Å². The number of nitrogens with one attached hydrogen (secondary N) is 1. The molecule has 27 heavy (non-hydrogen) atoms. The first kappa shape index (κ1) is 19.2. The quantitative estimate of drug-likeness (QED) is 0.817. The highest BCUT2D eigenvalue weighted by atomic mass is 16.5. The number of carbonyl (C=O) groups is 1. The van der Waals surface area contributed by atoms with E-state index < -0.39 is 0 Å². The summed E-state index contributed by atoms with van der Waals surface area (Å²) in [6.07, 6.45) is 0. The van der Waals surface area contributed by atoms with E-state index in [1.807, 2.05) is 31.2 Å². The van der Waals surface area contributed by atoms with Gasteiger partial charge in [-0.1, -0.05) is 18.2 Å². The molecule has 1 saturated heterocycles. The number of carbonyl (C=O) groups excluding carboxylic acids is 1. The minimum atomic E-state index is -0.0344. The van der Waals surface area contributed by atoms with Gasteiger partial charge in [0.1, 0.15) is 5.75 Å². The molecular weight excluding hydrogens is 338 g/mol. The molecule has 1 aliphatic heterocycles. The van der Waals surface area contributed by atoms with Crippen LogP contribution in [0.2, 0.25) is 0 Å². The second kappa shape index (κ2) is 9.42. The standard InChI is InChI=1S/C22H29N3O2/c1-3-27-21-11-9-19(10-12-21)22(26)23-17-18(2)24-13-15-25(16-14-24)20-7-5-4-6-8-20/h4-12,18H,3,13-17H2,1-2H3,(H,23,26). The number of rotatable bonds is 7. The number of anilines is 1. The third kappa shape index (κ3) is 5.23. The molecule has 1 N–H and O–H groups in total. The fourth-order valence-corrected chi connectivity index (χ4v) is 3.40. The lowest BCUT2D eigenvalue weighted by Crippen LogP contribution is -2.52. The average molecular weight is 367 g/mol. The minimum absolute atomic E-state index is 0.0344. The Bertz CT molecular complexity index is 710. The first-order valence-corrected chi connectivity index (χ1v) is 9.72. The summed E-state index contributed by atoms with van der Waals surface area (Å²) in [6.45, 7) is 9.45. The summed E-state index contributed by atoms with van der Waals surface area (Å²) in [5.74, 6) is 0.756. The molecule has 1 unspecified atom stereocenters. The molecule has 0 radical (unpaired) electrons. The largest absolute Gasteiger partial charge is 0.494 e. The molecule has 2 aromatic rings. The fraction of sp³-hybridized carbons (Fsp3) is 0.409. The van der Waals surface area contributed by atoms with Crippen LogP contribution in [0.25, 0.3) is 0 Å². The van der Waals surface area contributed by atoms with Crippen molar-refractivity contribution in [1.82, 2.24) is 10.2 Å². The average Bonchev–Trinajstić information content (AvgIpc) is 2.73. The second-order valence-corrected chi connectivity index (χ2v) is 6.88. The van der Waals surface area contributed by atoms with Gasteiger partial charge in [-0.15, -0.1) is 0 Å². The molecule has 1 aliphatic rings. The predicted octanol–water partition coefficient (Wildman–Crippen LogP) is 3.03. The zero-order valence-electron chi connectivity index (χ0n) is 16.2. The van der Waals surface area contributed by atoms with Crippen LogP contribution in [0, 0.1) is 0 Å². The van der Waals surface area contributed by atoms with Crippen LogP contribution in [0.4, 0.5) is 5.69 Å². The number of hydrogen-bond donors (Lipinski definition) is 1. The van der Waals surface area contributed by atoms with Crippen molar-refractivity contribution in [2.24, 2.45) is 0 Å². The van der Waals surface area contributed by atoms with Crippen LogP contribution < -0.4 is 15.0 Å². The summed E-state index contributed by atoms with van der Waals surface area (Å²) >= 11 is 0. The van der Waals surface area contributed by atoms with E-state index in [9.17, 15) is 4.79 Å². The van der Waals surface area contributed by atoms with Gasteiger partial charge in [0.15, 0.2) is 0 Å². The van der Waals surface area contributed by atoms with Crippen molar-refractivity contribution in [1.29, 1.82) is 0 Å². The molecule has 0 bridgehead atoms. The lowest BCUT2D eigenvalue weighted by atomic mass is 10.2. The normalized spacial score (nSPS) is 16.0. The number of ether oxygens (including phenoxy) is 1. The van der Waals surface area contributed by atoms with Gasteiger partial charge >= 0.3 is 0 Å². The zero-order valence-corrected chi connectivity index (χ0v) is 16.2. The molecule has 1 atom stereocenters. The van der Waals surface area contributed by atoms with Gasteiger partial charge in [-0.05, 0) is 50.2 Å². The summed E-state index contributed by atoms with van der Waals surface area (Å²) in [6, 6.07) is 18.2. The molecule has 5 nitrogen and oxygen atoms in total. The van der Waals surface area contributed by atoms with E-state index in [0.717, 1.165) is 31.9 Å². The predicted molar refractivity (Wildman–Crippen MR) is 110 cm³/mol. The van der Waals surface area contributed by atoms with Gasteiger partial charge in [-0.2, -0.15) is 0 Å². The molecular formula is C22H29N3O2. The minimum Gasteiger partial charge on any atom is -0.494 e. The van der Waals surface area contributed by atoms with E-state index in [-0.39, 0.29) is 5.91 Å². The van der Waals surface area contributed by atoms with E-state index >= 15 is 0 Å². The van der Waals surface area contributed by atoms with Crippen molar-refractivity contribution in [3.05, 3.63) is 60.2 Å². The van der Waals surface area contributed by atoms with Crippen LogP contribution in [0.1, 0.15) is 24.2 Å². The third-order valence-electron chi connectivity index (χ3n) is 5.04. The Labute approximate surface area is 161 Å². The molecule has 0 saturated carbocycles. The summed E-state index contributed by atoms with van der Waals surface area (Å²) in [7, 11) is 0. The highest BCUT2D eigenvalue weighted by Gasteiger charge is 2.21. The SMILES string of the molecule is CCOc1ccc(C(=O)NCC(C)N2CCN(c3ccccc3)CC2)cc1. The molecule has 0 aromatic heterocycles. The van der Waals surface area contributed by atoms with Gasteiger partial charge in [0, 0.05) is 50.0 Å². The summed E-state index contributed by atoms with van der Waals surface area (Å²) in [5, 5.41) is 3.06. The smallest absolute Gasteiger partial charge is 0.251 e. The summed E-state index contributed by atoms with van der Waals surface area (Å²) in [4.78, 5) is 17.2. The molecule has 3 rings (SSSR count). The zero-order chi connectivity index (χ0) is 19.1. The maximum absolute atomic E-state index is 12.4. The Morgan fingerprint density at radius 1 is 1.04 bits per heavy atom. The molecule has 0 aliphatic carbocycles. The summed E-state index contributed by atoms with van der Waals surface area (Å²) in [5.41, 5.74) is 1.95. The Balaban J connectivity index is 1.44. The molecule has 144 valence electrons. The number of piperazine rings is 1. The monoisotopic (exact) mass is 367 g/mol. The van der Waals surface area contributed by atoms with Crippen molar-refractivity contribution in [3.63, 3.8) is 0 Å². The van der Waals surface area contributed by atoms with E-state index in [1.165, 1.54) is 5.69 Å². The highest BCUT2D eigenvalue weighted by molar-refractivity contribution is 5.94. The maximum Gasteiger partial charge on any atom is 0.251 e. The fourth-order valence-electron chi connectivity index (χ4n) is 3.40. The number of benzene rings is 2. The topological polar surface area (TPSA) is 44.8 Å². The van der Waals surface area contributed by atoms with Crippen LogP contribution in [0.15, 0.2) is 54.6 Å². The van der Waals surface area contributed by atoms with E-state index in [4.69, 9.17) is 4.74 Å². The van der Waals surface area contributed by atoms with Gasteiger partial charge < -0.3 is 15.0 Å². The van der Waals surface area contributed by atoms with Crippen molar-refractivity contribution >= 4 is 11.6 Å². The molecule has 1 heterocycles. The van der Waals surface area contributed by atoms with Gasteiger partial charge in [-0.3, -0.25) is 9.69 Å². The van der Waals surface area contributed by atoms with Crippen LogP contribution in [0.3, 0.4) is 0 Å². The van der Waals surface area contributed by atoms with Crippen LogP contribution in [-0.4, -0.2) is 56.2 Å². The Hall–Kier alpha value is -2.53. The van der Waals surface area contributed by atoms with Gasteiger partial charge in [0.25, 0.3) is 5.91 Å². The Kier molecular flexibility index (Phi) is 6.71. The molecule has 5 heteroatoms. The van der Waals surface area contributed by atoms with E-state index in [2.05, 4.69) is 52.4 Å². The van der Waals surface area contributed by atoms with Crippen molar-refractivity contribution in [3.8, 4) is 5.75 Å².